The van der Waals surface area contributed by atoms with Gasteiger partial charge >= 0.3 is 0 Å². The average molecular weight is 369 g/mol. The van der Waals surface area contributed by atoms with Gasteiger partial charge < -0.3 is 10.1 Å². The van der Waals surface area contributed by atoms with Crippen molar-refractivity contribution in [1.82, 2.24) is 0 Å². The van der Waals surface area contributed by atoms with Gasteiger partial charge in [-0.15, -0.1) is 0 Å². The maximum Gasteiger partial charge on any atom is 0.255 e. The number of halogens is 2. The SMILES string of the molecule is COc1cc(Cl)c(C)cc1NC(=O)c1ccc(C)c(Br)c1. The van der Waals surface area contributed by atoms with Crippen LogP contribution in [0, 0.1) is 13.8 Å². The van der Waals surface area contributed by atoms with Crippen LogP contribution in [-0.4, -0.2) is 13.0 Å². The van der Waals surface area contributed by atoms with Gasteiger partial charge in [-0.05, 0) is 43.2 Å². The number of ether oxygens (including phenoxy) is 1. The van der Waals surface area contributed by atoms with Crippen molar-refractivity contribution in [1.29, 1.82) is 0 Å². The van der Waals surface area contributed by atoms with E-state index < -0.39 is 0 Å². The van der Waals surface area contributed by atoms with Crippen LogP contribution < -0.4 is 10.1 Å². The van der Waals surface area contributed by atoms with E-state index in [1.165, 1.54) is 0 Å². The van der Waals surface area contributed by atoms with Gasteiger partial charge in [-0.25, -0.2) is 0 Å². The molecule has 0 saturated carbocycles. The highest BCUT2D eigenvalue weighted by Crippen LogP contribution is 2.31. The zero-order valence-electron chi connectivity index (χ0n) is 12.0. The summed E-state index contributed by atoms with van der Waals surface area (Å²) in [6.45, 7) is 3.84. The van der Waals surface area contributed by atoms with E-state index in [0.29, 0.717) is 22.0 Å². The highest BCUT2D eigenvalue weighted by atomic mass is 79.9. The van der Waals surface area contributed by atoms with Gasteiger partial charge in [0.2, 0.25) is 0 Å². The quantitative estimate of drug-likeness (QED) is 0.829. The number of rotatable bonds is 3. The fourth-order valence-corrected chi connectivity index (χ4v) is 2.39. The molecule has 0 aromatic heterocycles. The lowest BCUT2D eigenvalue weighted by Crippen LogP contribution is -2.13. The van der Waals surface area contributed by atoms with Gasteiger partial charge in [-0.3, -0.25) is 4.79 Å². The van der Waals surface area contributed by atoms with Gasteiger partial charge in [0, 0.05) is 21.1 Å². The molecule has 0 radical (unpaired) electrons. The molecule has 0 bridgehead atoms. The van der Waals surface area contributed by atoms with Crippen molar-refractivity contribution in [2.24, 2.45) is 0 Å². The Hall–Kier alpha value is -1.52. The Balaban J connectivity index is 2.31. The molecule has 2 aromatic carbocycles. The van der Waals surface area contributed by atoms with Crippen molar-refractivity contribution >= 4 is 39.1 Å². The molecule has 0 heterocycles. The Kier molecular flexibility index (Phi) is 4.91. The van der Waals surface area contributed by atoms with Crippen molar-refractivity contribution in [3.63, 3.8) is 0 Å². The standard InChI is InChI=1S/C16H15BrClNO2/c1-9-4-5-11(7-12(9)17)16(20)19-14-6-10(2)13(18)8-15(14)21-3/h4-8H,1-3H3,(H,19,20). The van der Waals surface area contributed by atoms with E-state index >= 15 is 0 Å². The summed E-state index contributed by atoms with van der Waals surface area (Å²) in [6, 6.07) is 8.95. The van der Waals surface area contributed by atoms with Crippen molar-refractivity contribution in [2.75, 3.05) is 12.4 Å². The molecule has 110 valence electrons. The van der Waals surface area contributed by atoms with E-state index in [-0.39, 0.29) is 5.91 Å². The van der Waals surface area contributed by atoms with Gasteiger partial charge in [0.25, 0.3) is 5.91 Å². The normalized spacial score (nSPS) is 10.3. The minimum absolute atomic E-state index is 0.198. The molecule has 1 N–H and O–H groups in total. The van der Waals surface area contributed by atoms with Crippen LogP contribution in [0.4, 0.5) is 5.69 Å². The third-order valence-corrected chi connectivity index (χ3v) is 4.42. The van der Waals surface area contributed by atoms with Gasteiger partial charge in [0.1, 0.15) is 5.75 Å². The molecule has 5 heteroatoms. The van der Waals surface area contributed by atoms with Crippen LogP contribution >= 0.6 is 27.5 Å². The molecule has 2 aromatic rings. The second kappa shape index (κ2) is 6.50. The fourth-order valence-electron chi connectivity index (χ4n) is 1.86. The molecule has 0 spiro atoms. The molecule has 0 aliphatic rings. The van der Waals surface area contributed by atoms with Gasteiger partial charge in [0.05, 0.1) is 12.8 Å². The number of hydrogen-bond donors (Lipinski definition) is 1. The first-order valence-electron chi connectivity index (χ1n) is 6.34. The Morgan fingerprint density at radius 1 is 1.19 bits per heavy atom. The molecule has 0 aliphatic heterocycles. The summed E-state index contributed by atoms with van der Waals surface area (Å²) < 4.78 is 6.15. The summed E-state index contributed by atoms with van der Waals surface area (Å²) in [5.74, 6) is 0.334. The Morgan fingerprint density at radius 3 is 2.52 bits per heavy atom. The fraction of sp³-hybridized carbons (Fsp3) is 0.188. The van der Waals surface area contributed by atoms with Crippen LogP contribution in [0.15, 0.2) is 34.8 Å². The van der Waals surface area contributed by atoms with Crippen LogP contribution in [0.2, 0.25) is 5.02 Å². The number of amides is 1. The van der Waals surface area contributed by atoms with Crippen LogP contribution in [-0.2, 0) is 0 Å². The van der Waals surface area contributed by atoms with Gasteiger partial charge in [-0.1, -0.05) is 33.6 Å². The summed E-state index contributed by atoms with van der Waals surface area (Å²) in [6.07, 6.45) is 0. The first kappa shape index (κ1) is 15.9. The average Bonchev–Trinajstić information content (AvgIpc) is 2.45. The van der Waals surface area contributed by atoms with Crippen molar-refractivity contribution < 1.29 is 9.53 Å². The van der Waals surface area contributed by atoms with E-state index in [4.69, 9.17) is 16.3 Å². The molecule has 0 aliphatic carbocycles. The monoisotopic (exact) mass is 367 g/mol. The van der Waals surface area contributed by atoms with E-state index in [1.54, 1.807) is 31.4 Å². The lowest BCUT2D eigenvalue weighted by atomic mass is 10.1. The first-order valence-corrected chi connectivity index (χ1v) is 7.51. The third-order valence-electron chi connectivity index (χ3n) is 3.16. The molecule has 0 unspecified atom stereocenters. The van der Waals surface area contributed by atoms with E-state index in [2.05, 4.69) is 21.2 Å². The van der Waals surface area contributed by atoms with Crippen LogP contribution in [0.3, 0.4) is 0 Å². The number of aryl methyl sites for hydroxylation is 2. The summed E-state index contributed by atoms with van der Waals surface area (Å²) >= 11 is 9.48. The molecule has 21 heavy (non-hydrogen) atoms. The number of hydrogen-bond acceptors (Lipinski definition) is 2. The summed E-state index contributed by atoms with van der Waals surface area (Å²) in [4.78, 5) is 12.3. The van der Waals surface area contributed by atoms with Gasteiger partial charge in [-0.2, -0.15) is 0 Å². The van der Waals surface area contributed by atoms with Crippen LogP contribution in [0.25, 0.3) is 0 Å². The van der Waals surface area contributed by atoms with E-state index in [9.17, 15) is 4.79 Å². The molecule has 1 amide bonds. The van der Waals surface area contributed by atoms with Crippen molar-refractivity contribution in [2.45, 2.75) is 13.8 Å². The third kappa shape index (κ3) is 3.57. The molecule has 0 fully saturated rings. The topological polar surface area (TPSA) is 38.3 Å². The number of carbonyl (C=O) groups excluding carboxylic acids is 1. The van der Waals surface area contributed by atoms with Crippen LogP contribution in [0.5, 0.6) is 5.75 Å². The van der Waals surface area contributed by atoms with Crippen molar-refractivity contribution in [3.05, 3.63) is 56.5 Å². The summed E-state index contributed by atoms with van der Waals surface area (Å²) in [5.41, 5.74) is 3.12. The minimum Gasteiger partial charge on any atom is -0.495 e. The van der Waals surface area contributed by atoms with E-state index in [0.717, 1.165) is 15.6 Å². The van der Waals surface area contributed by atoms with Crippen molar-refractivity contribution in [3.8, 4) is 5.75 Å². The molecule has 2 rings (SSSR count). The van der Waals surface area contributed by atoms with E-state index in [1.807, 2.05) is 19.9 Å². The predicted molar refractivity (Wildman–Crippen MR) is 89.6 cm³/mol. The smallest absolute Gasteiger partial charge is 0.255 e. The maximum absolute atomic E-state index is 12.3. The Bertz CT molecular complexity index is 701. The number of carbonyl (C=O) groups is 1. The molecule has 0 saturated heterocycles. The van der Waals surface area contributed by atoms with Crippen LogP contribution in [0.1, 0.15) is 21.5 Å². The Morgan fingerprint density at radius 2 is 1.90 bits per heavy atom. The second-order valence-electron chi connectivity index (χ2n) is 4.72. The number of benzene rings is 2. The Labute approximate surface area is 137 Å². The lowest BCUT2D eigenvalue weighted by molar-refractivity contribution is 0.102. The highest BCUT2D eigenvalue weighted by molar-refractivity contribution is 9.10. The molecule has 0 atom stereocenters. The number of anilines is 1. The second-order valence-corrected chi connectivity index (χ2v) is 5.98. The number of nitrogens with one attached hydrogen (secondary N) is 1. The molecular formula is C16H15BrClNO2. The first-order chi connectivity index (χ1) is 9.92. The summed E-state index contributed by atoms with van der Waals surface area (Å²) in [5, 5.41) is 3.45. The summed E-state index contributed by atoms with van der Waals surface area (Å²) in [7, 11) is 1.54. The minimum atomic E-state index is -0.198. The number of methoxy groups -OCH3 is 1. The zero-order valence-corrected chi connectivity index (χ0v) is 14.3. The lowest BCUT2D eigenvalue weighted by Gasteiger charge is -2.12. The molecular weight excluding hydrogens is 354 g/mol. The largest absolute Gasteiger partial charge is 0.495 e. The maximum atomic E-state index is 12.3. The zero-order chi connectivity index (χ0) is 15.6. The predicted octanol–water partition coefficient (Wildman–Crippen LogP) is 4.98. The molecule has 3 nitrogen and oxygen atoms in total. The highest BCUT2D eigenvalue weighted by Gasteiger charge is 2.12. The van der Waals surface area contributed by atoms with Gasteiger partial charge in [0.15, 0.2) is 0 Å².